The van der Waals surface area contributed by atoms with E-state index in [1.165, 1.54) is 48.5 Å². The van der Waals surface area contributed by atoms with Crippen molar-refractivity contribution in [1.29, 1.82) is 0 Å². The Morgan fingerprint density at radius 2 is 0.816 bits per heavy atom. The zero-order chi connectivity index (χ0) is 27.7. The molecule has 0 bridgehead atoms. The van der Waals surface area contributed by atoms with E-state index >= 15 is 0 Å². The van der Waals surface area contributed by atoms with Gasteiger partial charge in [0.2, 0.25) is 0 Å². The molecule has 12 heteroatoms. The minimum atomic E-state index is -0.499. The summed E-state index contributed by atoms with van der Waals surface area (Å²) in [5, 5.41) is 26.5. The smallest absolute Gasteiger partial charge is 0.269 e. The monoisotopic (exact) mass is 736 g/mol. The van der Waals surface area contributed by atoms with Gasteiger partial charge in [0.15, 0.2) is 0 Å². The van der Waals surface area contributed by atoms with E-state index in [1.54, 1.807) is 24.3 Å². The van der Waals surface area contributed by atoms with Crippen molar-refractivity contribution in [3.63, 3.8) is 0 Å². The van der Waals surface area contributed by atoms with Gasteiger partial charge in [0, 0.05) is 53.9 Å². The minimum Gasteiger partial charge on any atom is -0.322 e. The van der Waals surface area contributed by atoms with E-state index < -0.39 is 9.85 Å². The van der Waals surface area contributed by atoms with E-state index in [2.05, 4.69) is 55.8 Å². The zero-order valence-electron chi connectivity index (χ0n) is 19.3. The first kappa shape index (κ1) is 28.6. The van der Waals surface area contributed by atoms with Gasteiger partial charge < -0.3 is 10.6 Å². The molecule has 0 saturated carbocycles. The van der Waals surface area contributed by atoms with Gasteiger partial charge in [-0.2, -0.15) is 0 Å². The van der Waals surface area contributed by atoms with Crippen LogP contribution in [0.25, 0.3) is 0 Å². The summed E-state index contributed by atoms with van der Waals surface area (Å²) in [4.78, 5) is 43.8. The van der Waals surface area contributed by atoms with Crippen LogP contribution in [-0.2, 0) is 0 Å². The first-order valence-electron chi connectivity index (χ1n) is 10.7. The van der Waals surface area contributed by atoms with Gasteiger partial charge in [0.1, 0.15) is 0 Å². The Morgan fingerprint density at radius 3 is 1.08 bits per heavy atom. The molecule has 0 aliphatic carbocycles. The van der Waals surface area contributed by atoms with Crippen molar-refractivity contribution in [3.05, 3.63) is 136 Å². The Kier molecular flexibility index (Phi) is 10.2. The molecule has 4 rings (SSSR count). The molecule has 0 radical (unpaired) electrons. The number of rotatable bonds is 6. The molecule has 4 aromatic rings. The number of nitro groups is 2. The third kappa shape index (κ3) is 8.58. The molecule has 0 spiro atoms. The summed E-state index contributed by atoms with van der Waals surface area (Å²) in [5.74, 6) is -0.591. The molecule has 4 aromatic carbocycles. The average molecular weight is 736 g/mol. The lowest BCUT2D eigenvalue weighted by Gasteiger charge is -2.05. The highest BCUT2D eigenvalue weighted by Crippen LogP contribution is 2.17. The normalized spacial score (nSPS) is 9.95. The van der Waals surface area contributed by atoms with E-state index in [0.717, 1.165) is 7.14 Å². The van der Waals surface area contributed by atoms with Crippen molar-refractivity contribution in [2.24, 2.45) is 0 Å². The van der Waals surface area contributed by atoms with Crippen LogP contribution >= 0.6 is 45.2 Å². The summed E-state index contributed by atoms with van der Waals surface area (Å²) in [7, 11) is 0. The lowest BCUT2D eigenvalue weighted by Crippen LogP contribution is -2.11. The van der Waals surface area contributed by atoms with Crippen LogP contribution in [0.3, 0.4) is 0 Å². The van der Waals surface area contributed by atoms with Gasteiger partial charge in [-0.05, 0) is 118 Å². The Morgan fingerprint density at radius 1 is 0.526 bits per heavy atom. The standard InChI is InChI=1S/2C13H9IN2O3/c2*14-10-3-5-11(6-4-10)15-13(17)9-1-7-12(8-2-9)16(18)19/h2*1-8H,(H,15,17). The van der Waals surface area contributed by atoms with Gasteiger partial charge in [-0.3, -0.25) is 29.8 Å². The van der Waals surface area contributed by atoms with Gasteiger partial charge in [0.25, 0.3) is 23.2 Å². The summed E-state index contributed by atoms with van der Waals surface area (Å²) < 4.78 is 2.15. The van der Waals surface area contributed by atoms with Crippen LogP contribution in [0.15, 0.2) is 97.1 Å². The Labute approximate surface area is 244 Å². The highest BCUT2D eigenvalue weighted by atomic mass is 127. The molecule has 38 heavy (non-hydrogen) atoms. The van der Waals surface area contributed by atoms with E-state index in [-0.39, 0.29) is 23.2 Å². The molecule has 0 aliphatic rings. The molecular weight excluding hydrogens is 718 g/mol. The molecule has 0 fully saturated rings. The van der Waals surface area contributed by atoms with Gasteiger partial charge >= 0.3 is 0 Å². The average Bonchev–Trinajstić information content (AvgIpc) is 2.91. The Bertz CT molecular complexity index is 1330. The van der Waals surface area contributed by atoms with Crippen LogP contribution in [0, 0.1) is 27.4 Å². The predicted octanol–water partition coefficient (Wildman–Crippen LogP) is 6.90. The number of carbonyl (C=O) groups excluding carboxylic acids is 2. The molecule has 2 amide bonds. The maximum absolute atomic E-state index is 11.9. The van der Waals surface area contributed by atoms with Crippen LogP contribution in [0.1, 0.15) is 20.7 Å². The molecule has 0 unspecified atom stereocenters. The number of amides is 2. The van der Waals surface area contributed by atoms with E-state index in [9.17, 15) is 29.8 Å². The summed E-state index contributed by atoms with van der Waals surface area (Å²) >= 11 is 4.35. The van der Waals surface area contributed by atoms with Gasteiger partial charge in [-0.25, -0.2) is 0 Å². The van der Waals surface area contributed by atoms with Crippen LogP contribution in [-0.4, -0.2) is 21.7 Å². The molecule has 0 atom stereocenters. The fourth-order valence-corrected chi connectivity index (χ4v) is 3.66. The number of non-ortho nitro benzene ring substituents is 2. The molecule has 0 aromatic heterocycles. The van der Waals surface area contributed by atoms with Crippen molar-refractivity contribution in [1.82, 2.24) is 0 Å². The van der Waals surface area contributed by atoms with Crippen LogP contribution in [0.4, 0.5) is 22.7 Å². The van der Waals surface area contributed by atoms with Crippen molar-refractivity contribution in [2.45, 2.75) is 0 Å². The predicted molar refractivity (Wildman–Crippen MR) is 160 cm³/mol. The number of carbonyl (C=O) groups is 2. The third-order valence-electron chi connectivity index (χ3n) is 4.88. The summed E-state index contributed by atoms with van der Waals surface area (Å²) in [6.45, 7) is 0. The van der Waals surface area contributed by atoms with Crippen LogP contribution < -0.4 is 10.6 Å². The fourth-order valence-electron chi connectivity index (χ4n) is 2.94. The number of nitrogens with zero attached hydrogens (tertiary/aromatic N) is 2. The van der Waals surface area contributed by atoms with Crippen molar-refractivity contribution < 1.29 is 19.4 Å². The van der Waals surface area contributed by atoms with Crippen molar-refractivity contribution >= 4 is 79.7 Å². The van der Waals surface area contributed by atoms with Gasteiger partial charge in [0.05, 0.1) is 9.85 Å². The second-order valence-corrected chi connectivity index (χ2v) is 10.0. The van der Waals surface area contributed by atoms with Gasteiger partial charge in [-0.15, -0.1) is 0 Å². The molecule has 0 saturated heterocycles. The lowest BCUT2D eigenvalue weighted by molar-refractivity contribution is -0.385. The number of benzene rings is 4. The Hall–Kier alpha value is -3.92. The summed E-state index contributed by atoms with van der Waals surface area (Å²) in [6.07, 6.45) is 0. The minimum absolute atomic E-state index is 0.0363. The second kappa shape index (κ2) is 13.6. The SMILES string of the molecule is O=C(Nc1ccc(I)cc1)c1ccc([N+](=O)[O-])cc1.O=C(Nc1ccc(I)cc1)c1ccc([N+](=O)[O-])cc1. The molecule has 0 aliphatic heterocycles. The summed E-state index contributed by atoms with van der Waals surface area (Å²) in [5.41, 5.74) is 2.05. The fraction of sp³-hybridized carbons (Fsp3) is 0. The highest BCUT2D eigenvalue weighted by molar-refractivity contribution is 14.1. The van der Waals surface area contributed by atoms with E-state index in [1.807, 2.05) is 24.3 Å². The van der Waals surface area contributed by atoms with Crippen molar-refractivity contribution in [3.8, 4) is 0 Å². The largest absolute Gasteiger partial charge is 0.322 e. The number of hydrogen-bond acceptors (Lipinski definition) is 6. The zero-order valence-corrected chi connectivity index (χ0v) is 23.7. The molecular formula is C26H18I2N4O6. The van der Waals surface area contributed by atoms with E-state index in [4.69, 9.17) is 0 Å². The first-order valence-corrected chi connectivity index (χ1v) is 12.9. The maximum atomic E-state index is 11.9. The molecule has 192 valence electrons. The number of halogens is 2. The Balaban J connectivity index is 0.000000211. The van der Waals surface area contributed by atoms with Crippen LogP contribution in [0.2, 0.25) is 0 Å². The van der Waals surface area contributed by atoms with Crippen LogP contribution in [0.5, 0.6) is 0 Å². The highest BCUT2D eigenvalue weighted by Gasteiger charge is 2.10. The van der Waals surface area contributed by atoms with E-state index in [0.29, 0.717) is 22.5 Å². The maximum Gasteiger partial charge on any atom is 0.269 e. The quantitative estimate of drug-likeness (QED) is 0.125. The van der Waals surface area contributed by atoms with Gasteiger partial charge in [-0.1, -0.05) is 0 Å². The number of nitro benzene ring substituents is 2. The lowest BCUT2D eigenvalue weighted by atomic mass is 10.2. The van der Waals surface area contributed by atoms with Crippen molar-refractivity contribution in [2.75, 3.05) is 10.6 Å². The second-order valence-electron chi connectivity index (χ2n) is 7.53. The molecule has 0 heterocycles. The molecule has 2 N–H and O–H groups in total. The molecule has 10 nitrogen and oxygen atoms in total. The topological polar surface area (TPSA) is 144 Å². The first-order chi connectivity index (χ1) is 18.1. The summed E-state index contributed by atoms with van der Waals surface area (Å²) in [6, 6.07) is 25.7. The number of hydrogen-bond donors (Lipinski definition) is 2. The number of nitrogens with one attached hydrogen (secondary N) is 2. The third-order valence-corrected chi connectivity index (χ3v) is 6.32. The number of anilines is 2.